The highest BCUT2D eigenvalue weighted by atomic mass is 32.2. The van der Waals surface area contributed by atoms with Gasteiger partial charge in [0.1, 0.15) is 5.75 Å². The van der Waals surface area contributed by atoms with E-state index in [-0.39, 0.29) is 0 Å². The predicted octanol–water partition coefficient (Wildman–Crippen LogP) is 3.95. The van der Waals surface area contributed by atoms with Crippen LogP contribution < -0.4 is 4.90 Å². The molecule has 0 aromatic heterocycles. The van der Waals surface area contributed by atoms with Gasteiger partial charge < -0.3 is 14.9 Å². The molecule has 3 rings (SSSR count). The first-order valence-electron chi connectivity index (χ1n) is 7.17. The van der Waals surface area contributed by atoms with Crippen LogP contribution in [0.3, 0.4) is 0 Å². The van der Waals surface area contributed by atoms with E-state index in [1.807, 2.05) is 12.1 Å². The third kappa shape index (κ3) is 3.01. The smallest absolute Gasteiger partial charge is 0.116 e. The summed E-state index contributed by atoms with van der Waals surface area (Å²) in [5, 5.41) is 9.73. The minimum absolute atomic E-state index is 0.328. The van der Waals surface area contributed by atoms with E-state index < -0.39 is 0 Å². The molecule has 3 nitrogen and oxygen atoms in total. The summed E-state index contributed by atoms with van der Waals surface area (Å²) in [6, 6.07) is 14.1. The summed E-state index contributed by atoms with van der Waals surface area (Å²) >= 11 is 1.73. The van der Waals surface area contributed by atoms with Gasteiger partial charge in [-0.3, -0.25) is 0 Å². The van der Waals surface area contributed by atoms with E-state index >= 15 is 0 Å². The maximum absolute atomic E-state index is 9.73. The first-order chi connectivity index (χ1) is 10.1. The monoisotopic (exact) mass is 300 g/mol. The minimum Gasteiger partial charge on any atom is -0.508 e. The second-order valence-corrected chi connectivity index (χ2v) is 6.61. The Morgan fingerprint density at radius 3 is 2.62 bits per heavy atom. The standard InChI is InChI=1S/C17H20N2OS/c1-18(2)10-5-11-19-14-6-3-4-7-16(14)21-17-12-13(20)8-9-15(17)19/h3-4,6-9,12,20H,5,10-11H2,1-2H3. The third-order valence-electron chi connectivity index (χ3n) is 3.60. The van der Waals surface area contributed by atoms with Gasteiger partial charge in [-0.05, 0) is 57.4 Å². The molecule has 0 aliphatic carbocycles. The van der Waals surface area contributed by atoms with Crippen LogP contribution >= 0.6 is 11.8 Å². The molecule has 0 saturated heterocycles. The number of phenolic OH excluding ortho intramolecular Hbond substituents is 1. The zero-order valence-corrected chi connectivity index (χ0v) is 13.2. The Morgan fingerprint density at radius 2 is 1.81 bits per heavy atom. The number of fused-ring (bicyclic) bond motifs is 2. The highest BCUT2D eigenvalue weighted by molar-refractivity contribution is 7.99. The lowest BCUT2D eigenvalue weighted by Gasteiger charge is -2.33. The molecule has 4 heteroatoms. The lowest BCUT2D eigenvalue weighted by molar-refractivity contribution is 0.402. The fourth-order valence-corrected chi connectivity index (χ4v) is 3.74. The molecule has 21 heavy (non-hydrogen) atoms. The van der Waals surface area contributed by atoms with Gasteiger partial charge in [-0.15, -0.1) is 0 Å². The van der Waals surface area contributed by atoms with E-state index in [0.29, 0.717) is 5.75 Å². The SMILES string of the molecule is CN(C)CCCN1c2ccccc2Sc2cc(O)ccc21. The summed E-state index contributed by atoms with van der Waals surface area (Å²) in [6.07, 6.45) is 1.10. The summed E-state index contributed by atoms with van der Waals surface area (Å²) in [5.74, 6) is 0.328. The van der Waals surface area contributed by atoms with Crippen molar-refractivity contribution in [1.29, 1.82) is 0 Å². The average molecular weight is 300 g/mol. The van der Waals surface area contributed by atoms with Crippen molar-refractivity contribution in [2.45, 2.75) is 16.2 Å². The Kier molecular flexibility index (Phi) is 4.08. The number of anilines is 2. The van der Waals surface area contributed by atoms with Gasteiger partial charge >= 0.3 is 0 Å². The van der Waals surface area contributed by atoms with Gasteiger partial charge in [-0.1, -0.05) is 23.9 Å². The van der Waals surface area contributed by atoms with Crippen molar-refractivity contribution < 1.29 is 5.11 Å². The van der Waals surface area contributed by atoms with Crippen LogP contribution in [-0.4, -0.2) is 37.2 Å². The van der Waals surface area contributed by atoms with Crippen molar-refractivity contribution >= 4 is 23.1 Å². The van der Waals surface area contributed by atoms with E-state index in [2.05, 4.69) is 48.2 Å². The van der Waals surface area contributed by atoms with Gasteiger partial charge in [0.25, 0.3) is 0 Å². The Morgan fingerprint density at radius 1 is 1.05 bits per heavy atom. The van der Waals surface area contributed by atoms with E-state index in [9.17, 15) is 5.11 Å². The van der Waals surface area contributed by atoms with Gasteiger partial charge in [-0.2, -0.15) is 0 Å². The molecule has 110 valence electrons. The Labute approximate surface area is 130 Å². The van der Waals surface area contributed by atoms with Crippen LogP contribution in [0, 0.1) is 0 Å². The molecule has 0 saturated carbocycles. The fourth-order valence-electron chi connectivity index (χ4n) is 2.61. The van der Waals surface area contributed by atoms with Gasteiger partial charge in [0, 0.05) is 16.3 Å². The zero-order valence-electron chi connectivity index (χ0n) is 12.4. The molecule has 0 unspecified atom stereocenters. The zero-order chi connectivity index (χ0) is 14.8. The van der Waals surface area contributed by atoms with Crippen molar-refractivity contribution in [2.75, 3.05) is 32.1 Å². The number of hydrogen-bond acceptors (Lipinski definition) is 4. The third-order valence-corrected chi connectivity index (χ3v) is 4.71. The Bertz CT molecular complexity index is 642. The molecule has 0 spiro atoms. The number of aromatic hydroxyl groups is 1. The van der Waals surface area contributed by atoms with Crippen LogP contribution in [0.2, 0.25) is 0 Å². The molecule has 0 bridgehead atoms. The maximum Gasteiger partial charge on any atom is 0.116 e. The van der Waals surface area contributed by atoms with Gasteiger partial charge in [0.2, 0.25) is 0 Å². The van der Waals surface area contributed by atoms with Crippen molar-refractivity contribution in [3.63, 3.8) is 0 Å². The summed E-state index contributed by atoms with van der Waals surface area (Å²) in [7, 11) is 4.21. The molecular weight excluding hydrogens is 280 g/mol. The highest BCUT2D eigenvalue weighted by Gasteiger charge is 2.22. The number of para-hydroxylation sites is 1. The lowest BCUT2D eigenvalue weighted by atomic mass is 10.2. The molecule has 0 radical (unpaired) electrons. The van der Waals surface area contributed by atoms with E-state index in [1.165, 1.54) is 16.3 Å². The molecule has 0 atom stereocenters. The molecule has 0 fully saturated rings. The largest absolute Gasteiger partial charge is 0.508 e. The highest BCUT2D eigenvalue weighted by Crippen LogP contribution is 2.48. The van der Waals surface area contributed by atoms with Crippen LogP contribution in [0.25, 0.3) is 0 Å². The normalized spacial score (nSPS) is 13.2. The van der Waals surface area contributed by atoms with Crippen molar-refractivity contribution in [1.82, 2.24) is 4.90 Å². The molecule has 1 aliphatic rings. The molecule has 1 aliphatic heterocycles. The van der Waals surface area contributed by atoms with Crippen LogP contribution in [0.4, 0.5) is 11.4 Å². The van der Waals surface area contributed by atoms with Gasteiger partial charge in [-0.25, -0.2) is 0 Å². The molecular formula is C17H20N2OS. The lowest BCUT2D eigenvalue weighted by Crippen LogP contribution is -2.25. The first-order valence-corrected chi connectivity index (χ1v) is 7.99. The van der Waals surface area contributed by atoms with Crippen molar-refractivity contribution in [3.05, 3.63) is 42.5 Å². The minimum atomic E-state index is 0.328. The number of phenols is 1. The van der Waals surface area contributed by atoms with Gasteiger partial charge in [0.15, 0.2) is 0 Å². The maximum atomic E-state index is 9.73. The fraction of sp³-hybridized carbons (Fsp3) is 0.294. The van der Waals surface area contributed by atoms with Crippen molar-refractivity contribution in [2.24, 2.45) is 0 Å². The average Bonchev–Trinajstić information content (AvgIpc) is 2.46. The van der Waals surface area contributed by atoms with Crippen molar-refractivity contribution in [3.8, 4) is 5.75 Å². The second-order valence-electron chi connectivity index (χ2n) is 5.53. The van der Waals surface area contributed by atoms with Crippen LogP contribution in [0.1, 0.15) is 6.42 Å². The first kappa shape index (κ1) is 14.3. The number of benzene rings is 2. The molecule has 2 aromatic rings. The molecule has 1 heterocycles. The summed E-state index contributed by atoms with van der Waals surface area (Å²) in [5.41, 5.74) is 2.45. The van der Waals surface area contributed by atoms with Crippen LogP contribution in [0.15, 0.2) is 52.3 Å². The number of hydrogen-bond donors (Lipinski definition) is 1. The van der Waals surface area contributed by atoms with E-state index in [0.717, 1.165) is 24.4 Å². The number of rotatable bonds is 4. The second kappa shape index (κ2) is 6.00. The van der Waals surface area contributed by atoms with E-state index in [4.69, 9.17) is 0 Å². The Hall–Kier alpha value is -1.65. The summed E-state index contributed by atoms with van der Waals surface area (Å²) < 4.78 is 0. The Balaban J connectivity index is 1.94. The predicted molar refractivity (Wildman–Crippen MR) is 88.8 cm³/mol. The summed E-state index contributed by atoms with van der Waals surface area (Å²) in [6.45, 7) is 2.05. The number of nitrogens with zero attached hydrogens (tertiary/aromatic N) is 2. The summed E-state index contributed by atoms with van der Waals surface area (Å²) in [4.78, 5) is 6.95. The van der Waals surface area contributed by atoms with Gasteiger partial charge in [0.05, 0.1) is 11.4 Å². The molecule has 0 amide bonds. The van der Waals surface area contributed by atoms with Crippen LogP contribution in [0.5, 0.6) is 5.75 Å². The molecule has 2 aromatic carbocycles. The molecule has 1 N–H and O–H groups in total. The van der Waals surface area contributed by atoms with E-state index in [1.54, 1.807) is 17.8 Å². The topological polar surface area (TPSA) is 26.7 Å². The quantitative estimate of drug-likeness (QED) is 0.925. The van der Waals surface area contributed by atoms with Crippen LogP contribution in [-0.2, 0) is 0 Å².